The first-order valence-electron chi connectivity index (χ1n) is 9.31. The van der Waals surface area contributed by atoms with Crippen LogP contribution in [0, 0.1) is 0 Å². The third kappa shape index (κ3) is 4.34. The monoisotopic (exact) mass is 392 g/mol. The Morgan fingerprint density at radius 1 is 1.03 bits per heavy atom. The number of aromatic nitrogens is 2. The molecule has 2 aromatic carbocycles. The van der Waals surface area contributed by atoms with Crippen molar-refractivity contribution in [2.75, 3.05) is 24.4 Å². The van der Waals surface area contributed by atoms with Gasteiger partial charge >= 0.3 is 5.97 Å². The van der Waals surface area contributed by atoms with E-state index in [-0.39, 0.29) is 11.9 Å². The summed E-state index contributed by atoms with van der Waals surface area (Å²) < 4.78 is 4.81. The van der Waals surface area contributed by atoms with E-state index >= 15 is 0 Å². The van der Waals surface area contributed by atoms with Crippen LogP contribution in [0.15, 0.2) is 42.5 Å². The first-order chi connectivity index (χ1) is 13.8. The zero-order valence-electron chi connectivity index (χ0n) is 17.2. The summed E-state index contributed by atoms with van der Waals surface area (Å²) in [6.07, 6.45) is 0. The molecule has 0 radical (unpaired) electrons. The van der Waals surface area contributed by atoms with Gasteiger partial charge in [-0.3, -0.25) is 4.79 Å². The van der Waals surface area contributed by atoms with E-state index in [9.17, 15) is 9.59 Å². The van der Waals surface area contributed by atoms with Crippen molar-refractivity contribution in [3.05, 3.63) is 48.0 Å². The van der Waals surface area contributed by atoms with E-state index in [4.69, 9.17) is 14.7 Å². The zero-order chi connectivity index (χ0) is 21.1. The fraction of sp³-hybridized carbons (Fsp3) is 0.273. The van der Waals surface area contributed by atoms with Gasteiger partial charge in [0, 0.05) is 31.3 Å². The molecule has 0 saturated carbocycles. The van der Waals surface area contributed by atoms with Crippen molar-refractivity contribution >= 4 is 34.4 Å². The van der Waals surface area contributed by atoms with Gasteiger partial charge in [-0.25, -0.2) is 14.8 Å². The van der Waals surface area contributed by atoms with E-state index in [2.05, 4.69) is 19.2 Å². The predicted octanol–water partition coefficient (Wildman–Crippen LogP) is 3.89. The van der Waals surface area contributed by atoms with Gasteiger partial charge in [0.1, 0.15) is 5.69 Å². The van der Waals surface area contributed by atoms with E-state index in [1.807, 2.05) is 36.2 Å². The summed E-state index contributed by atoms with van der Waals surface area (Å²) in [5.74, 6) is 0.178. The van der Waals surface area contributed by atoms with Gasteiger partial charge in [-0.2, -0.15) is 0 Å². The van der Waals surface area contributed by atoms with Crippen LogP contribution in [0.25, 0.3) is 22.3 Å². The van der Waals surface area contributed by atoms with Crippen LogP contribution in [0.3, 0.4) is 0 Å². The molecule has 0 aliphatic carbocycles. The minimum atomic E-state index is -0.412. The number of hydrogen-bond acceptors (Lipinski definition) is 6. The number of benzene rings is 2. The molecule has 0 saturated heterocycles. The topological polar surface area (TPSA) is 84.4 Å². The predicted molar refractivity (Wildman–Crippen MR) is 114 cm³/mol. The number of carbonyl (C=O) groups excluding carboxylic acids is 2. The second-order valence-corrected chi connectivity index (χ2v) is 7.05. The Hall–Kier alpha value is -3.48. The maximum atomic E-state index is 11.9. The fourth-order valence-electron chi connectivity index (χ4n) is 2.89. The number of esters is 1. The van der Waals surface area contributed by atoms with Gasteiger partial charge in [-0.15, -0.1) is 0 Å². The molecule has 7 nitrogen and oxygen atoms in total. The number of carbonyl (C=O) groups is 2. The number of methoxy groups -OCH3 is 1. The number of hydrogen-bond donors (Lipinski definition) is 1. The van der Waals surface area contributed by atoms with Crippen LogP contribution in [0.1, 0.15) is 31.1 Å². The highest BCUT2D eigenvalue weighted by molar-refractivity contribution is 5.94. The molecule has 0 spiro atoms. The molecule has 0 atom stereocenters. The van der Waals surface area contributed by atoms with E-state index in [0.717, 1.165) is 16.9 Å². The zero-order valence-corrected chi connectivity index (χ0v) is 17.2. The highest BCUT2D eigenvalue weighted by Gasteiger charge is 2.18. The minimum Gasteiger partial charge on any atom is -0.465 e. The minimum absolute atomic E-state index is 0.120. The number of rotatable bonds is 5. The van der Waals surface area contributed by atoms with Gasteiger partial charge in [0.05, 0.1) is 23.7 Å². The molecule has 3 rings (SSSR count). The van der Waals surface area contributed by atoms with Gasteiger partial charge in [-0.1, -0.05) is 12.1 Å². The number of fused-ring (bicyclic) bond motifs is 1. The molecule has 0 fully saturated rings. The van der Waals surface area contributed by atoms with Crippen LogP contribution in [0.2, 0.25) is 0 Å². The molecule has 0 bridgehead atoms. The lowest BCUT2D eigenvalue weighted by molar-refractivity contribution is -0.114. The van der Waals surface area contributed by atoms with Crippen molar-refractivity contribution in [2.45, 2.75) is 26.8 Å². The molecule has 7 heteroatoms. The van der Waals surface area contributed by atoms with E-state index in [1.165, 1.54) is 14.0 Å². The molecule has 1 heterocycles. The Balaban J connectivity index is 2.14. The lowest BCUT2D eigenvalue weighted by Crippen LogP contribution is -2.27. The summed E-state index contributed by atoms with van der Waals surface area (Å²) in [5.41, 5.74) is 4.06. The number of nitrogens with zero attached hydrogens (tertiary/aromatic N) is 3. The van der Waals surface area contributed by atoms with Gasteiger partial charge in [0.25, 0.3) is 0 Å². The third-order valence-corrected chi connectivity index (χ3v) is 4.65. The van der Waals surface area contributed by atoms with Gasteiger partial charge in [-0.05, 0) is 44.2 Å². The molecule has 29 heavy (non-hydrogen) atoms. The molecule has 1 aromatic heterocycles. The Morgan fingerprint density at radius 2 is 1.72 bits per heavy atom. The number of ether oxygens (including phenoxy) is 1. The molecule has 3 aromatic rings. The molecular weight excluding hydrogens is 368 g/mol. The number of amides is 1. The van der Waals surface area contributed by atoms with Crippen LogP contribution in [0.5, 0.6) is 0 Å². The summed E-state index contributed by atoms with van der Waals surface area (Å²) in [7, 11) is 3.31. The van der Waals surface area contributed by atoms with E-state index in [1.54, 1.807) is 18.2 Å². The average molecular weight is 392 g/mol. The second kappa shape index (κ2) is 8.26. The lowest BCUT2D eigenvalue weighted by Gasteiger charge is -2.25. The van der Waals surface area contributed by atoms with E-state index in [0.29, 0.717) is 22.4 Å². The van der Waals surface area contributed by atoms with E-state index < -0.39 is 5.97 Å². The van der Waals surface area contributed by atoms with Gasteiger partial charge in [0.2, 0.25) is 5.91 Å². The Kier molecular flexibility index (Phi) is 5.77. The summed E-state index contributed by atoms with van der Waals surface area (Å²) in [5, 5.41) is 2.76. The van der Waals surface area contributed by atoms with Crippen LogP contribution < -0.4 is 10.2 Å². The molecule has 0 unspecified atom stereocenters. The van der Waals surface area contributed by atoms with Crippen molar-refractivity contribution in [1.29, 1.82) is 0 Å². The first-order valence-corrected chi connectivity index (χ1v) is 9.31. The number of anilines is 2. The van der Waals surface area contributed by atoms with Crippen LogP contribution in [-0.2, 0) is 9.53 Å². The van der Waals surface area contributed by atoms with Crippen molar-refractivity contribution in [2.24, 2.45) is 0 Å². The smallest absolute Gasteiger partial charge is 0.337 e. The highest BCUT2D eigenvalue weighted by Crippen LogP contribution is 2.31. The molecule has 1 N–H and O–H groups in total. The summed E-state index contributed by atoms with van der Waals surface area (Å²) in [6, 6.07) is 12.8. The first kappa shape index (κ1) is 20.3. The van der Waals surface area contributed by atoms with Crippen LogP contribution >= 0.6 is 0 Å². The lowest BCUT2D eigenvalue weighted by atomic mass is 10.1. The Labute approximate surface area is 169 Å². The molecular formula is C22H24N4O3. The van der Waals surface area contributed by atoms with Gasteiger partial charge < -0.3 is 15.0 Å². The van der Waals surface area contributed by atoms with Crippen molar-refractivity contribution in [3.63, 3.8) is 0 Å². The summed E-state index contributed by atoms with van der Waals surface area (Å²) in [4.78, 5) is 34.8. The number of nitrogens with one attached hydrogen (secondary N) is 1. The quantitative estimate of drug-likeness (QED) is 0.663. The fourth-order valence-corrected chi connectivity index (χ4v) is 2.89. The molecule has 150 valence electrons. The molecule has 1 amide bonds. The standard InChI is InChI=1S/C22H24N4O3/c1-13(2)26(4)21-20(15-6-9-17(10-7-15)23-14(3)27)24-18-11-8-16(22(28)29-5)12-19(18)25-21/h6-13H,1-5H3,(H,23,27). The van der Waals surface area contributed by atoms with Crippen LogP contribution in [-0.4, -0.2) is 42.0 Å². The van der Waals surface area contributed by atoms with Gasteiger partial charge in [0.15, 0.2) is 5.82 Å². The summed E-state index contributed by atoms with van der Waals surface area (Å²) >= 11 is 0. The largest absolute Gasteiger partial charge is 0.465 e. The third-order valence-electron chi connectivity index (χ3n) is 4.65. The van der Waals surface area contributed by atoms with Crippen molar-refractivity contribution in [3.8, 4) is 11.3 Å². The average Bonchev–Trinajstić information content (AvgIpc) is 2.71. The molecule has 0 aliphatic rings. The summed E-state index contributed by atoms with van der Waals surface area (Å²) in [6.45, 7) is 5.61. The Morgan fingerprint density at radius 3 is 2.31 bits per heavy atom. The highest BCUT2D eigenvalue weighted by atomic mass is 16.5. The maximum absolute atomic E-state index is 11.9. The van der Waals surface area contributed by atoms with Crippen LogP contribution in [0.4, 0.5) is 11.5 Å². The van der Waals surface area contributed by atoms with Crippen molar-refractivity contribution in [1.82, 2.24) is 9.97 Å². The van der Waals surface area contributed by atoms with Crippen molar-refractivity contribution < 1.29 is 14.3 Å². The normalized spacial score (nSPS) is 10.8. The maximum Gasteiger partial charge on any atom is 0.337 e. The second-order valence-electron chi connectivity index (χ2n) is 7.05. The SMILES string of the molecule is COC(=O)c1ccc2nc(-c3ccc(NC(C)=O)cc3)c(N(C)C(C)C)nc2c1. The molecule has 0 aliphatic heterocycles. The Bertz CT molecular complexity index is 1060.